The van der Waals surface area contributed by atoms with Gasteiger partial charge in [0.2, 0.25) is 5.91 Å². The predicted octanol–water partition coefficient (Wildman–Crippen LogP) is 9.62. The minimum Gasteiger partial charge on any atom is -0.394 e. The molecule has 2 aliphatic rings. The van der Waals surface area contributed by atoms with Gasteiger partial charge < -0.3 is 65.6 Å². The zero-order chi connectivity index (χ0) is 55.8. The van der Waals surface area contributed by atoms with Crippen LogP contribution in [0.2, 0.25) is 0 Å². The van der Waals surface area contributed by atoms with Gasteiger partial charge in [0.1, 0.15) is 61.0 Å². The van der Waals surface area contributed by atoms with Crippen LogP contribution in [0.3, 0.4) is 0 Å². The summed E-state index contributed by atoms with van der Waals surface area (Å²) < 4.78 is 35.0. The van der Waals surface area contributed by atoms with Crippen LogP contribution in [0, 0.1) is 0 Å². The van der Waals surface area contributed by atoms with E-state index in [0.717, 1.165) is 51.4 Å². The SMILES string of the molecule is CCCCCCCCCCCCCCCCCCCCCCCCCC(=O)N[C@@H](COP(=O)(O)O[C@H]1C(O)C(O)C(O)[C@@H](O)C1O[C@H]1O[C@H](CO)[C@@H](O)C(O)C1O)[C@H](O)CCCCCCCCCCCCCCCCC. The third-order valence-corrected chi connectivity index (χ3v) is 16.8. The number of unbranched alkanes of at least 4 members (excludes halogenated alkanes) is 36. The molecule has 7 unspecified atom stereocenters. The van der Waals surface area contributed by atoms with Crippen molar-refractivity contribution in [2.75, 3.05) is 13.2 Å². The average Bonchev–Trinajstić information content (AvgIpc) is 3.40. The molecular weight excluding hydrogens is 998 g/mol. The molecule has 1 saturated carbocycles. The standard InChI is InChI=1S/C58H114NO16P/c1-3-5-7-9-11-13-15-17-19-20-21-22-23-24-25-26-28-30-32-34-36-38-40-42-48(62)59-45(46(61)41-39-37-35-33-31-29-27-18-16-14-12-10-8-6-4-2)44-72-76(70,71)75-57-54(68)52(66)51(65)53(67)56(57)74-58-55(69)50(64)49(63)47(43-60)73-58/h45-47,49-58,60-61,63-69H,3-44H2,1-2H3,(H,59,62)(H,70,71)/t45-,46+,47+,49+,50?,51?,52?,53+,54?,55?,56?,57-,58+/m0/s1. The average molecular weight is 1110 g/mol. The quantitative estimate of drug-likeness (QED) is 0.0200. The molecule has 2 fully saturated rings. The highest BCUT2D eigenvalue weighted by atomic mass is 31.2. The molecule has 0 bridgehead atoms. The number of phosphoric acid groups is 1. The van der Waals surface area contributed by atoms with Crippen molar-refractivity contribution in [3.05, 3.63) is 0 Å². The zero-order valence-corrected chi connectivity index (χ0v) is 48.5. The number of ether oxygens (including phenoxy) is 2. The summed E-state index contributed by atoms with van der Waals surface area (Å²) in [6.07, 6.45) is 24.3. The number of phosphoric ester groups is 1. The Morgan fingerprint density at radius 3 is 1.21 bits per heavy atom. The Kier molecular flexibility index (Phi) is 42.0. The maximum absolute atomic E-state index is 13.6. The van der Waals surface area contributed by atoms with Crippen molar-refractivity contribution in [2.24, 2.45) is 0 Å². The summed E-state index contributed by atoms with van der Waals surface area (Å²) in [4.78, 5) is 24.2. The fraction of sp³-hybridized carbons (Fsp3) is 0.983. The Balaban J connectivity index is 1.82. The number of rotatable bonds is 50. The van der Waals surface area contributed by atoms with Crippen molar-refractivity contribution in [1.82, 2.24) is 5.32 Å². The molecule has 0 spiro atoms. The Morgan fingerprint density at radius 1 is 0.487 bits per heavy atom. The Hall–Kier alpha value is -0.860. The molecule has 14 atom stereocenters. The lowest BCUT2D eigenvalue weighted by Crippen LogP contribution is -2.67. The number of nitrogens with one attached hydrogen (secondary N) is 1. The second kappa shape index (κ2) is 44.8. The third-order valence-electron chi connectivity index (χ3n) is 15.8. The summed E-state index contributed by atoms with van der Waals surface area (Å²) in [7, 11) is -5.32. The van der Waals surface area contributed by atoms with Crippen LogP contribution in [0.15, 0.2) is 0 Å². The van der Waals surface area contributed by atoms with E-state index in [1.807, 2.05) is 0 Å². The van der Waals surface area contributed by atoms with Gasteiger partial charge in [-0.3, -0.25) is 13.8 Å². The van der Waals surface area contributed by atoms with Gasteiger partial charge in [0.15, 0.2) is 6.29 Å². The minimum atomic E-state index is -5.32. The van der Waals surface area contributed by atoms with Crippen LogP contribution in [0.1, 0.15) is 271 Å². The fourth-order valence-electron chi connectivity index (χ4n) is 10.7. The number of amides is 1. The van der Waals surface area contributed by atoms with E-state index in [1.54, 1.807) is 0 Å². The van der Waals surface area contributed by atoms with E-state index in [-0.39, 0.29) is 18.7 Å². The molecule has 18 heteroatoms. The fourth-order valence-corrected chi connectivity index (χ4v) is 11.6. The van der Waals surface area contributed by atoms with Crippen molar-refractivity contribution in [1.29, 1.82) is 0 Å². The Bertz CT molecular complexity index is 1420. The van der Waals surface area contributed by atoms with Crippen LogP contribution in [0.25, 0.3) is 0 Å². The van der Waals surface area contributed by atoms with E-state index < -0.39 is 101 Å². The molecule has 0 radical (unpaired) electrons. The molecule has 2 rings (SSSR count). The van der Waals surface area contributed by atoms with Gasteiger partial charge in [-0.1, -0.05) is 251 Å². The maximum Gasteiger partial charge on any atom is 0.472 e. The summed E-state index contributed by atoms with van der Waals surface area (Å²) in [5.74, 6) is -0.364. The highest BCUT2D eigenvalue weighted by Gasteiger charge is 2.55. The first-order valence-electron chi connectivity index (χ1n) is 31.0. The van der Waals surface area contributed by atoms with Crippen molar-refractivity contribution in [2.45, 2.75) is 350 Å². The molecule has 1 aliphatic heterocycles. The van der Waals surface area contributed by atoms with Crippen molar-refractivity contribution >= 4 is 13.7 Å². The highest BCUT2D eigenvalue weighted by Crippen LogP contribution is 2.48. The lowest BCUT2D eigenvalue weighted by Gasteiger charge is -2.47. The summed E-state index contributed by atoms with van der Waals surface area (Å²) in [5.41, 5.74) is 0. The largest absolute Gasteiger partial charge is 0.472 e. The lowest BCUT2D eigenvalue weighted by atomic mass is 9.84. The molecule has 0 aromatic heterocycles. The van der Waals surface area contributed by atoms with Crippen molar-refractivity contribution < 1.29 is 78.7 Å². The van der Waals surface area contributed by atoms with Crippen LogP contribution >= 0.6 is 7.82 Å². The number of carbonyl (C=O) groups is 1. The van der Waals surface area contributed by atoms with E-state index >= 15 is 0 Å². The second-order valence-electron chi connectivity index (χ2n) is 22.6. The van der Waals surface area contributed by atoms with Gasteiger partial charge in [-0.25, -0.2) is 4.57 Å². The monoisotopic (exact) mass is 1110 g/mol. The van der Waals surface area contributed by atoms with Gasteiger partial charge in [-0.2, -0.15) is 0 Å². The number of hydrogen-bond donors (Lipinski definition) is 11. The topological polar surface area (TPSA) is 285 Å². The molecule has 452 valence electrons. The summed E-state index contributed by atoms with van der Waals surface area (Å²) in [6, 6.07) is -1.14. The lowest BCUT2D eigenvalue weighted by molar-refractivity contribution is -0.338. The molecule has 1 heterocycles. The first-order chi connectivity index (χ1) is 36.7. The van der Waals surface area contributed by atoms with Crippen molar-refractivity contribution in [3.8, 4) is 0 Å². The first-order valence-corrected chi connectivity index (χ1v) is 32.5. The summed E-state index contributed by atoms with van der Waals surface area (Å²) in [5, 5.41) is 97.6. The number of aliphatic hydroxyl groups is 9. The van der Waals surface area contributed by atoms with Crippen LogP contribution in [0.5, 0.6) is 0 Å². The van der Waals surface area contributed by atoms with Crippen LogP contribution in [-0.4, -0.2) is 149 Å². The molecule has 1 saturated heterocycles. The van der Waals surface area contributed by atoms with E-state index in [1.165, 1.54) is 180 Å². The molecular formula is C58H114NO16P. The van der Waals surface area contributed by atoms with Gasteiger partial charge >= 0.3 is 7.82 Å². The Morgan fingerprint density at radius 2 is 0.829 bits per heavy atom. The minimum absolute atomic E-state index is 0.179. The summed E-state index contributed by atoms with van der Waals surface area (Å²) >= 11 is 0. The zero-order valence-electron chi connectivity index (χ0n) is 47.6. The van der Waals surface area contributed by atoms with Gasteiger partial charge in [0.05, 0.1) is 25.4 Å². The molecule has 1 aliphatic carbocycles. The molecule has 0 aromatic carbocycles. The van der Waals surface area contributed by atoms with Crippen LogP contribution < -0.4 is 5.32 Å². The third kappa shape index (κ3) is 31.4. The molecule has 1 amide bonds. The predicted molar refractivity (Wildman–Crippen MR) is 297 cm³/mol. The molecule has 76 heavy (non-hydrogen) atoms. The maximum atomic E-state index is 13.6. The van der Waals surface area contributed by atoms with Gasteiger partial charge in [0.25, 0.3) is 0 Å². The van der Waals surface area contributed by atoms with Crippen molar-refractivity contribution in [3.63, 3.8) is 0 Å². The van der Waals surface area contributed by atoms with E-state index in [2.05, 4.69) is 19.2 Å². The number of hydrogen-bond acceptors (Lipinski definition) is 15. The number of carbonyl (C=O) groups excluding carboxylic acids is 1. The molecule has 0 aromatic rings. The van der Waals surface area contributed by atoms with Gasteiger partial charge in [0, 0.05) is 6.42 Å². The second-order valence-corrected chi connectivity index (χ2v) is 24.0. The van der Waals surface area contributed by atoms with Crippen LogP contribution in [0.4, 0.5) is 0 Å². The first kappa shape index (κ1) is 71.2. The van der Waals surface area contributed by atoms with Gasteiger partial charge in [-0.15, -0.1) is 0 Å². The van der Waals surface area contributed by atoms with E-state index in [4.69, 9.17) is 18.5 Å². The van der Waals surface area contributed by atoms with Gasteiger partial charge in [-0.05, 0) is 12.8 Å². The highest BCUT2D eigenvalue weighted by molar-refractivity contribution is 7.47. The smallest absolute Gasteiger partial charge is 0.394 e. The number of aliphatic hydroxyl groups excluding tert-OH is 9. The molecule has 17 nitrogen and oxygen atoms in total. The Labute approximate surface area is 459 Å². The summed E-state index contributed by atoms with van der Waals surface area (Å²) in [6.45, 7) is 2.98. The molecule has 11 N–H and O–H groups in total. The van der Waals surface area contributed by atoms with E-state index in [0.29, 0.717) is 12.8 Å². The van der Waals surface area contributed by atoms with Crippen LogP contribution in [-0.2, 0) is 27.9 Å². The van der Waals surface area contributed by atoms with E-state index in [9.17, 15) is 60.2 Å². The normalized spacial score (nSPS) is 26.6.